The number of benzene rings is 1. The Morgan fingerprint density at radius 3 is 2.94 bits per heavy atom. The van der Waals surface area contributed by atoms with Gasteiger partial charge in [-0.05, 0) is 31.7 Å². The maximum Gasteiger partial charge on any atom is 0.226 e. The molecule has 0 unspecified atom stereocenters. The molecule has 2 N–H and O–H groups in total. The van der Waals surface area contributed by atoms with Crippen LogP contribution in [0, 0.1) is 0 Å². The predicted octanol–water partition coefficient (Wildman–Crippen LogP) is 1.77. The van der Waals surface area contributed by atoms with Crippen molar-refractivity contribution in [3.63, 3.8) is 0 Å². The first-order chi connectivity index (χ1) is 8.26. The molecular weight excluding hydrogens is 216 g/mol. The minimum Gasteiger partial charge on any atom is -0.381 e. The first kappa shape index (κ1) is 13.7. The summed E-state index contributed by atoms with van der Waals surface area (Å²) in [5.74, 6) is -0.0138. The lowest BCUT2D eigenvalue weighted by Crippen LogP contribution is -2.14. The molecule has 4 heteroatoms. The minimum absolute atomic E-state index is 0.0138. The molecule has 0 aliphatic carbocycles. The van der Waals surface area contributed by atoms with E-state index in [-0.39, 0.29) is 5.91 Å². The Kier molecular flexibility index (Phi) is 6.29. The van der Waals surface area contributed by atoms with Gasteiger partial charge in [-0.1, -0.05) is 12.1 Å². The summed E-state index contributed by atoms with van der Waals surface area (Å²) in [6.45, 7) is 3.82. The number of anilines is 1. The Hall–Kier alpha value is -1.39. The number of nitrogens with one attached hydrogen (secondary N) is 2. The van der Waals surface area contributed by atoms with Crippen molar-refractivity contribution in [1.82, 2.24) is 5.32 Å². The van der Waals surface area contributed by atoms with Crippen LogP contribution in [0.1, 0.15) is 18.9 Å². The summed E-state index contributed by atoms with van der Waals surface area (Å²) in [4.78, 5) is 11.5. The van der Waals surface area contributed by atoms with Crippen LogP contribution in [0.15, 0.2) is 24.3 Å². The van der Waals surface area contributed by atoms with E-state index in [2.05, 4.69) is 10.6 Å². The number of carbonyl (C=O) groups is 1. The van der Waals surface area contributed by atoms with Crippen LogP contribution in [0.3, 0.4) is 0 Å². The summed E-state index contributed by atoms with van der Waals surface area (Å²) >= 11 is 0. The van der Waals surface area contributed by atoms with Crippen LogP contribution in [-0.4, -0.2) is 26.2 Å². The zero-order valence-electron chi connectivity index (χ0n) is 10.5. The summed E-state index contributed by atoms with van der Waals surface area (Å²) in [6.07, 6.45) is 0.393. The Labute approximate surface area is 102 Å². The van der Waals surface area contributed by atoms with Gasteiger partial charge in [0.25, 0.3) is 0 Å². The van der Waals surface area contributed by atoms with Crippen molar-refractivity contribution >= 4 is 11.6 Å². The molecule has 1 amide bonds. The molecule has 0 fully saturated rings. The maximum absolute atomic E-state index is 11.5. The summed E-state index contributed by atoms with van der Waals surface area (Å²) in [5, 5.41) is 5.93. The highest BCUT2D eigenvalue weighted by atomic mass is 16.5. The third-order valence-electron chi connectivity index (χ3n) is 2.27. The fraction of sp³-hybridized carbons (Fsp3) is 0.462. The molecule has 0 radical (unpaired) electrons. The molecule has 1 aromatic rings. The third-order valence-corrected chi connectivity index (χ3v) is 2.27. The second-order valence-electron chi connectivity index (χ2n) is 3.73. The van der Waals surface area contributed by atoms with Crippen LogP contribution in [-0.2, 0) is 16.1 Å². The lowest BCUT2D eigenvalue weighted by atomic mass is 10.2. The fourth-order valence-corrected chi connectivity index (χ4v) is 1.50. The van der Waals surface area contributed by atoms with Gasteiger partial charge >= 0.3 is 0 Å². The summed E-state index contributed by atoms with van der Waals surface area (Å²) < 4.78 is 5.13. The molecule has 1 rings (SSSR count). The van der Waals surface area contributed by atoms with E-state index in [1.54, 1.807) is 0 Å². The Bertz CT molecular complexity index is 353. The highest BCUT2D eigenvalue weighted by molar-refractivity contribution is 5.90. The largest absolute Gasteiger partial charge is 0.381 e. The van der Waals surface area contributed by atoms with E-state index < -0.39 is 0 Å². The monoisotopic (exact) mass is 236 g/mol. The standard InChI is InChI=1S/C13H20N2O2/c1-3-17-8-7-13(16)15-12-6-4-5-11(9-12)10-14-2/h4-6,9,14H,3,7-8,10H2,1-2H3,(H,15,16). The van der Waals surface area contributed by atoms with Gasteiger partial charge in [0.15, 0.2) is 0 Å². The zero-order valence-corrected chi connectivity index (χ0v) is 10.5. The van der Waals surface area contributed by atoms with Crippen LogP contribution in [0.5, 0.6) is 0 Å². The van der Waals surface area contributed by atoms with Crippen LogP contribution < -0.4 is 10.6 Å². The van der Waals surface area contributed by atoms with Gasteiger partial charge in [-0.15, -0.1) is 0 Å². The van der Waals surface area contributed by atoms with E-state index in [0.717, 1.165) is 17.8 Å². The van der Waals surface area contributed by atoms with Gasteiger partial charge in [0, 0.05) is 18.8 Å². The van der Waals surface area contributed by atoms with E-state index in [1.807, 2.05) is 38.2 Å². The molecule has 1 aromatic carbocycles. The molecule has 0 heterocycles. The van der Waals surface area contributed by atoms with Gasteiger partial charge in [-0.2, -0.15) is 0 Å². The Morgan fingerprint density at radius 2 is 2.24 bits per heavy atom. The van der Waals surface area contributed by atoms with Gasteiger partial charge in [0.2, 0.25) is 5.91 Å². The van der Waals surface area contributed by atoms with Crippen molar-refractivity contribution in [3.8, 4) is 0 Å². The van der Waals surface area contributed by atoms with Gasteiger partial charge < -0.3 is 15.4 Å². The van der Waals surface area contributed by atoms with Gasteiger partial charge in [-0.3, -0.25) is 4.79 Å². The predicted molar refractivity (Wildman–Crippen MR) is 68.9 cm³/mol. The lowest BCUT2D eigenvalue weighted by Gasteiger charge is -2.07. The number of rotatable bonds is 7. The zero-order chi connectivity index (χ0) is 12.5. The van der Waals surface area contributed by atoms with Crippen LogP contribution in [0.2, 0.25) is 0 Å². The average Bonchev–Trinajstić information content (AvgIpc) is 2.30. The van der Waals surface area contributed by atoms with Gasteiger partial charge in [0.05, 0.1) is 13.0 Å². The quantitative estimate of drug-likeness (QED) is 0.709. The molecule has 0 saturated carbocycles. The van der Waals surface area contributed by atoms with Crippen LogP contribution in [0.4, 0.5) is 5.69 Å². The molecule has 4 nitrogen and oxygen atoms in total. The van der Waals surface area contributed by atoms with Crippen molar-refractivity contribution < 1.29 is 9.53 Å². The SMILES string of the molecule is CCOCCC(=O)Nc1cccc(CNC)c1. The average molecular weight is 236 g/mol. The molecule has 0 aliphatic rings. The number of hydrogen-bond acceptors (Lipinski definition) is 3. The van der Waals surface area contributed by atoms with E-state index in [4.69, 9.17) is 4.74 Å². The number of hydrogen-bond donors (Lipinski definition) is 2. The molecule has 0 atom stereocenters. The smallest absolute Gasteiger partial charge is 0.226 e. The third kappa shape index (κ3) is 5.47. The second kappa shape index (κ2) is 7.81. The van der Waals surface area contributed by atoms with Crippen LogP contribution in [0.25, 0.3) is 0 Å². The topological polar surface area (TPSA) is 50.4 Å². The van der Waals surface area contributed by atoms with Crippen molar-refractivity contribution in [2.75, 3.05) is 25.6 Å². The molecule has 0 spiro atoms. The highest BCUT2D eigenvalue weighted by Gasteiger charge is 2.02. The van der Waals surface area contributed by atoms with E-state index >= 15 is 0 Å². The molecule has 0 aliphatic heterocycles. The molecule has 0 aromatic heterocycles. The van der Waals surface area contributed by atoms with E-state index in [9.17, 15) is 4.79 Å². The van der Waals surface area contributed by atoms with Crippen LogP contribution >= 0.6 is 0 Å². The second-order valence-corrected chi connectivity index (χ2v) is 3.73. The molecule has 0 bridgehead atoms. The van der Waals surface area contributed by atoms with Crippen molar-refractivity contribution in [1.29, 1.82) is 0 Å². The van der Waals surface area contributed by atoms with Gasteiger partial charge in [-0.25, -0.2) is 0 Å². The van der Waals surface area contributed by atoms with Crippen molar-refractivity contribution in [2.45, 2.75) is 19.9 Å². The summed E-state index contributed by atoms with van der Waals surface area (Å²) in [7, 11) is 1.90. The molecule has 17 heavy (non-hydrogen) atoms. The maximum atomic E-state index is 11.5. The Morgan fingerprint density at radius 1 is 1.41 bits per heavy atom. The van der Waals surface area contributed by atoms with Crippen molar-refractivity contribution in [3.05, 3.63) is 29.8 Å². The fourth-order valence-electron chi connectivity index (χ4n) is 1.50. The van der Waals surface area contributed by atoms with Crippen molar-refractivity contribution in [2.24, 2.45) is 0 Å². The molecule has 94 valence electrons. The van der Waals surface area contributed by atoms with E-state index in [0.29, 0.717) is 19.6 Å². The summed E-state index contributed by atoms with van der Waals surface area (Å²) in [5.41, 5.74) is 1.98. The number of carbonyl (C=O) groups excluding carboxylic acids is 1. The minimum atomic E-state index is -0.0138. The van der Waals surface area contributed by atoms with Gasteiger partial charge in [0.1, 0.15) is 0 Å². The number of amides is 1. The normalized spacial score (nSPS) is 10.2. The first-order valence-electron chi connectivity index (χ1n) is 5.87. The number of ether oxygens (including phenoxy) is 1. The van der Waals surface area contributed by atoms with E-state index in [1.165, 1.54) is 0 Å². The Balaban J connectivity index is 2.44. The highest BCUT2D eigenvalue weighted by Crippen LogP contribution is 2.10. The molecule has 0 saturated heterocycles. The molecular formula is C13H20N2O2. The first-order valence-corrected chi connectivity index (χ1v) is 5.87. The summed E-state index contributed by atoms with van der Waals surface area (Å²) in [6, 6.07) is 7.81. The lowest BCUT2D eigenvalue weighted by molar-refractivity contribution is -0.117.